The number of nitrogens with one attached hydrogen (secondary N) is 1. The minimum Gasteiger partial charge on any atom is -0.480 e. The molecule has 0 saturated carbocycles. The number of hydrogen-bond acceptors (Lipinski definition) is 5. The zero-order chi connectivity index (χ0) is 13.9. The van der Waals surface area contributed by atoms with Gasteiger partial charge in [-0.15, -0.1) is 0 Å². The number of nitrogens with zero attached hydrogens (tertiary/aromatic N) is 1. The van der Waals surface area contributed by atoms with Crippen molar-refractivity contribution in [3.8, 4) is 0 Å². The van der Waals surface area contributed by atoms with E-state index >= 15 is 0 Å². The lowest BCUT2D eigenvalue weighted by Gasteiger charge is -2.25. The second-order valence-corrected chi connectivity index (χ2v) is 4.26. The minimum atomic E-state index is -1.01. The molecule has 0 unspecified atom stereocenters. The summed E-state index contributed by atoms with van der Waals surface area (Å²) < 4.78 is 4.90. The number of rotatable bonds is 4. The van der Waals surface area contributed by atoms with Gasteiger partial charge in [-0.2, -0.15) is 0 Å². The third-order valence-corrected chi connectivity index (χ3v) is 3.01. The number of carbonyl (C=O) groups is 3. The molecule has 0 aromatic rings. The molecule has 0 aliphatic carbocycles. The molecule has 0 spiro atoms. The molecular weight excluding hydrogens is 240 g/mol. The number of amides is 1. The quantitative estimate of drug-likeness (QED) is 0.655. The lowest BCUT2D eigenvalue weighted by Crippen LogP contribution is -2.49. The number of carboxylic acids is 1. The monoisotopic (exact) mass is 258 g/mol. The van der Waals surface area contributed by atoms with E-state index in [1.807, 2.05) is 0 Å². The van der Waals surface area contributed by atoms with E-state index in [1.54, 1.807) is 14.0 Å². The van der Waals surface area contributed by atoms with Gasteiger partial charge in [-0.1, -0.05) is 0 Å². The molecule has 1 amide bonds. The molecule has 1 saturated heterocycles. The lowest BCUT2D eigenvalue weighted by molar-refractivity contribution is -0.149. The van der Waals surface area contributed by atoms with Crippen LogP contribution in [0.5, 0.6) is 0 Å². The van der Waals surface area contributed by atoms with Gasteiger partial charge in [-0.05, 0) is 20.4 Å². The first kappa shape index (κ1) is 14.4. The molecule has 1 aliphatic rings. The van der Waals surface area contributed by atoms with Crippen LogP contribution < -0.4 is 5.32 Å². The zero-order valence-electron chi connectivity index (χ0n) is 10.7. The predicted molar refractivity (Wildman–Crippen MR) is 61.5 cm³/mol. The Kier molecular flexibility index (Phi) is 4.66. The first-order chi connectivity index (χ1) is 8.38. The molecule has 0 radical (unpaired) electrons. The van der Waals surface area contributed by atoms with Gasteiger partial charge in [-0.25, -0.2) is 0 Å². The summed E-state index contributed by atoms with van der Waals surface area (Å²) in [5.74, 6) is -2.46. The molecule has 18 heavy (non-hydrogen) atoms. The van der Waals surface area contributed by atoms with E-state index in [9.17, 15) is 14.4 Å². The number of ether oxygens (including phenoxy) is 1. The summed E-state index contributed by atoms with van der Waals surface area (Å²) in [5.41, 5.74) is 0. The van der Waals surface area contributed by atoms with Crippen LogP contribution in [0, 0.1) is 5.92 Å². The van der Waals surface area contributed by atoms with Crippen molar-refractivity contribution in [2.24, 2.45) is 5.92 Å². The molecule has 2 N–H and O–H groups in total. The van der Waals surface area contributed by atoms with Gasteiger partial charge in [0.15, 0.2) is 0 Å². The normalized spacial score (nSPS) is 27.8. The molecule has 3 atom stereocenters. The third-order valence-electron chi connectivity index (χ3n) is 3.01. The molecule has 0 bridgehead atoms. The zero-order valence-corrected chi connectivity index (χ0v) is 10.7. The summed E-state index contributed by atoms with van der Waals surface area (Å²) in [7, 11) is 1.57. The van der Waals surface area contributed by atoms with Gasteiger partial charge >= 0.3 is 11.9 Å². The Morgan fingerprint density at radius 1 is 1.44 bits per heavy atom. The predicted octanol–water partition coefficient (Wildman–Crippen LogP) is -0.583. The summed E-state index contributed by atoms with van der Waals surface area (Å²) in [6.07, 6.45) is -0.502. The molecule has 1 heterocycles. The summed E-state index contributed by atoms with van der Waals surface area (Å²) in [6.45, 7) is 3.23. The van der Waals surface area contributed by atoms with Crippen molar-refractivity contribution in [3.63, 3.8) is 0 Å². The van der Waals surface area contributed by atoms with E-state index in [1.165, 1.54) is 11.8 Å². The van der Waals surface area contributed by atoms with Crippen molar-refractivity contribution in [2.75, 3.05) is 13.7 Å². The standard InChI is InChI=1S/C11H18N2O5/c1-4-18-11(17)7-5-8(10(15)16)13(3)9(7)12-6(2)14/h7-9H,4-5H2,1-3H3,(H,12,14)(H,15,16)/t7-,8-,9-/m1/s1. The van der Waals surface area contributed by atoms with Crippen LogP contribution in [0.4, 0.5) is 0 Å². The average molecular weight is 258 g/mol. The number of carbonyl (C=O) groups excluding carboxylic acids is 2. The Bertz CT molecular complexity index is 357. The molecule has 102 valence electrons. The summed E-state index contributed by atoms with van der Waals surface area (Å²) >= 11 is 0. The first-order valence-corrected chi connectivity index (χ1v) is 5.77. The smallest absolute Gasteiger partial charge is 0.321 e. The van der Waals surface area contributed by atoms with Crippen LogP contribution in [0.3, 0.4) is 0 Å². The van der Waals surface area contributed by atoms with Crippen molar-refractivity contribution in [1.29, 1.82) is 0 Å². The van der Waals surface area contributed by atoms with Crippen LogP contribution in [0.25, 0.3) is 0 Å². The summed E-state index contributed by atoms with van der Waals surface area (Å²) in [5, 5.41) is 11.6. The number of likely N-dealkylation sites (tertiary alicyclic amines) is 1. The van der Waals surface area contributed by atoms with E-state index in [-0.39, 0.29) is 18.9 Å². The van der Waals surface area contributed by atoms with Gasteiger partial charge in [-0.3, -0.25) is 19.3 Å². The Morgan fingerprint density at radius 3 is 2.50 bits per heavy atom. The lowest BCUT2D eigenvalue weighted by atomic mass is 10.0. The fraction of sp³-hybridized carbons (Fsp3) is 0.727. The molecule has 1 aliphatic heterocycles. The van der Waals surface area contributed by atoms with Gasteiger partial charge in [0.2, 0.25) is 5.91 Å². The van der Waals surface area contributed by atoms with Crippen LogP contribution >= 0.6 is 0 Å². The van der Waals surface area contributed by atoms with Gasteiger partial charge in [0.1, 0.15) is 6.04 Å². The van der Waals surface area contributed by atoms with E-state index < -0.39 is 30.1 Å². The van der Waals surface area contributed by atoms with Crippen LogP contribution in [-0.4, -0.2) is 53.7 Å². The minimum absolute atomic E-state index is 0.135. The number of aliphatic carboxylic acids is 1. The Hall–Kier alpha value is -1.63. The maximum Gasteiger partial charge on any atom is 0.321 e. The van der Waals surface area contributed by atoms with E-state index in [2.05, 4.69) is 5.32 Å². The van der Waals surface area contributed by atoms with E-state index in [4.69, 9.17) is 9.84 Å². The van der Waals surface area contributed by atoms with E-state index in [0.29, 0.717) is 0 Å². The van der Waals surface area contributed by atoms with Crippen molar-refractivity contribution in [3.05, 3.63) is 0 Å². The maximum atomic E-state index is 11.8. The molecule has 0 aromatic heterocycles. The fourth-order valence-corrected chi connectivity index (χ4v) is 2.17. The van der Waals surface area contributed by atoms with Gasteiger partial charge in [0.05, 0.1) is 18.7 Å². The SMILES string of the molecule is CCOC(=O)[C@@H]1C[C@H](C(=O)O)N(C)[C@H]1NC(C)=O. The molecule has 1 fully saturated rings. The Balaban J connectivity index is 2.88. The van der Waals surface area contributed by atoms with Gasteiger partial charge in [0.25, 0.3) is 0 Å². The van der Waals surface area contributed by atoms with Crippen molar-refractivity contribution in [2.45, 2.75) is 32.5 Å². The number of hydrogen-bond donors (Lipinski definition) is 2. The highest BCUT2D eigenvalue weighted by Crippen LogP contribution is 2.28. The van der Waals surface area contributed by atoms with Crippen LogP contribution in [0.15, 0.2) is 0 Å². The Labute approximate surface area is 105 Å². The molecule has 7 heteroatoms. The van der Waals surface area contributed by atoms with Crippen LogP contribution in [-0.2, 0) is 19.1 Å². The van der Waals surface area contributed by atoms with E-state index in [0.717, 1.165) is 0 Å². The topological polar surface area (TPSA) is 95.9 Å². The molecular formula is C11H18N2O5. The second-order valence-electron chi connectivity index (χ2n) is 4.26. The maximum absolute atomic E-state index is 11.8. The molecule has 1 rings (SSSR count). The number of carboxylic acid groups (broad SMARTS) is 1. The second kappa shape index (κ2) is 5.81. The van der Waals surface area contributed by atoms with Crippen molar-refractivity contribution >= 4 is 17.8 Å². The highest BCUT2D eigenvalue weighted by atomic mass is 16.5. The molecule has 7 nitrogen and oxygen atoms in total. The number of esters is 1. The average Bonchev–Trinajstić information content (AvgIpc) is 2.56. The summed E-state index contributed by atoms with van der Waals surface area (Å²) in [4.78, 5) is 35.4. The van der Waals surface area contributed by atoms with Gasteiger partial charge in [0, 0.05) is 6.92 Å². The number of likely N-dealkylation sites (N-methyl/N-ethyl adjacent to an activating group) is 1. The third kappa shape index (κ3) is 2.98. The fourth-order valence-electron chi connectivity index (χ4n) is 2.17. The van der Waals surface area contributed by atoms with Gasteiger partial charge < -0.3 is 15.2 Å². The highest BCUT2D eigenvalue weighted by Gasteiger charge is 2.47. The van der Waals surface area contributed by atoms with Crippen molar-refractivity contribution < 1.29 is 24.2 Å². The summed E-state index contributed by atoms with van der Waals surface area (Å²) in [6, 6.07) is -0.795. The molecule has 0 aromatic carbocycles. The largest absolute Gasteiger partial charge is 0.480 e. The van der Waals surface area contributed by atoms with Crippen LogP contribution in [0.1, 0.15) is 20.3 Å². The van der Waals surface area contributed by atoms with Crippen LogP contribution in [0.2, 0.25) is 0 Å². The first-order valence-electron chi connectivity index (χ1n) is 5.77. The Morgan fingerprint density at radius 2 is 2.06 bits per heavy atom. The highest BCUT2D eigenvalue weighted by molar-refractivity contribution is 5.81. The van der Waals surface area contributed by atoms with Crippen molar-refractivity contribution in [1.82, 2.24) is 10.2 Å².